The second-order valence-corrected chi connectivity index (χ2v) is 7.56. The van der Waals surface area contributed by atoms with Gasteiger partial charge in [0.25, 0.3) is 0 Å². The normalized spacial score (nSPS) is 14.1. The number of benzene rings is 2. The largest absolute Gasteiger partial charge is 0.0991 e. The Bertz CT molecular complexity index is 750. The molecule has 0 aromatic heterocycles. The van der Waals surface area contributed by atoms with Gasteiger partial charge in [0.2, 0.25) is 0 Å². The Morgan fingerprint density at radius 2 is 1.72 bits per heavy atom. The fourth-order valence-corrected chi connectivity index (χ4v) is 3.22. The minimum absolute atomic E-state index is 0.533. The van der Waals surface area contributed by atoms with Crippen LogP contribution in [0.4, 0.5) is 0 Å². The molecule has 0 amide bonds. The maximum absolute atomic E-state index is 3.69. The van der Waals surface area contributed by atoms with Crippen molar-refractivity contribution in [3.8, 4) is 11.1 Å². The summed E-state index contributed by atoms with van der Waals surface area (Å²) in [6.07, 6.45) is 11.3. The topological polar surface area (TPSA) is 0 Å². The first-order chi connectivity index (χ1) is 12.0. The van der Waals surface area contributed by atoms with E-state index in [1.54, 1.807) is 6.08 Å². The lowest BCUT2D eigenvalue weighted by molar-refractivity contribution is 0.457. The molecule has 0 fully saturated rings. The maximum atomic E-state index is 3.69. The van der Waals surface area contributed by atoms with E-state index in [-0.39, 0.29) is 0 Å². The molecule has 1 unspecified atom stereocenters. The van der Waals surface area contributed by atoms with Crippen LogP contribution in [0.5, 0.6) is 0 Å². The molecule has 0 radical (unpaired) electrons. The quantitative estimate of drug-likeness (QED) is 0.425. The highest BCUT2D eigenvalue weighted by Gasteiger charge is 2.13. The summed E-state index contributed by atoms with van der Waals surface area (Å²) in [4.78, 5) is 0. The SMILES string of the molecule is C=C/C=C\C=C/C(C)[C@@H](C)Cc1cccc(-c2ccc(Br)cc2)c1C. The number of allylic oxidation sites excluding steroid dienone is 5. The van der Waals surface area contributed by atoms with E-state index in [0.29, 0.717) is 11.8 Å². The molecule has 0 saturated heterocycles. The number of halogens is 1. The molecule has 25 heavy (non-hydrogen) atoms. The minimum atomic E-state index is 0.533. The van der Waals surface area contributed by atoms with E-state index in [9.17, 15) is 0 Å². The standard InChI is InChI=1S/C24H27Br/c1-5-6-7-8-10-18(2)19(3)17-22-11-9-12-24(20(22)4)21-13-15-23(25)16-14-21/h5-16,18-19H,1,17H2,2-4H3/b7-6-,10-8-/t18?,19-/m0/s1. The molecule has 1 heteroatoms. The van der Waals surface area contributed by atoms with E-state index >= 15 is 0 Å². The molecule has 2 rings (SSSR count). The monoisotopic (exact) mass is 394 g/mol. The van der Waals surface area contributed by atoms with Crippen LogP contribution in [0.25, 0.3) is 11.1 Å². The Kier molecular flexibility index (Phi) is 7.46. The van der Waals surface area contributed by atoms with Gasteiger partial charge >= 0.3 is 0 Å². The van der Waals surface area contributed by atoms with Gasteiger partial charge in [0, 0.05) is 4.47 Å². The summed E-state index contributed by atoms with van der Waals surface area (Å²) in [5, 5.41) is 0. The van der Waals surface area contributed by atoms with Crippen LogP contribution in [0, 0.1) is 18.8 Å². The second kappa shape index (κ2) is 9.58. The Morgan fingerprint density at radius 1 is 1.00 bits per heavy atom. The third-order valence-electron chi connectivity index (χ3n) is 4.81. The maximum Gasteiger partial charge on any atom is 0.0175 e. The predicted octanol–water partition coefficient (Wildman–Crippen LogP) is 7.54. The highest BCUT2D eigenvalue weighted by molar-refractivity contribution is 9.10. The van der Waals surface area contributed by atoms with Crippen molar-refractivity contribution >= 4 is 15.9 Å². The van der Waals surface area contributed by atoms with Crippen molar-refractivity contribution < 1.29 is 0 Å². The van der Waals surface area contributed by atoms with Gasteiger partial charge in [-0.25, -0.2) is 0 Å². The molecule has 2 atom stereocenters. The lowest BCUT2D eigenvalue weighted by atomic mass is 9.86. The zero-order valence-electron chi connectivity index (χ0n) is 15.4. The molecule has 0 aliphatic heterocycles. The first kappa shape index (κ1) is 19.5. The van der Waals surface area contributed by atoms with Gasteiger partial charge < -0.3 is 0 Å². The molecule has 0 spiro atoms. The Morgan fingerprint density at radius 3 is 2.40 bits per heavy atom. The van der Waals surface area contributed by atoms with Crippen LogP contribution in [0.2, 0.25) is 0 Å². The summed E-state index contributed by atoms with van der Waals surface area (Å²) in [5.74, 6) is 1.12. The number of rotatable bonds is 7. The first-order valence-electron chi connectivity index (χ1n) is 8.83. The smallest absolute Gasteiger partial charge is 0.0175 e. The highest BCUT2D eigenvalue weighted by Crippen LogP contribution is 2.29. The van der Waals surface area contributed by atoms with Crippen molar-refractivity contribution in [2.45, 2.75) is 27.2 Å². The van der Waals surface area contributed by atoms with E-state index in [2.05, 4.69) is 97.9 Å². The predicted molar refractivity (Wildman–Crippen MR) is 115 cm³/mol. The lowest BCUT2D eigenvalue weighted by Gasteiger charge is -2.19. The summed E-state index contributed by atoms with van der Waals surface area (Å²) < 4.78 is 1.12. The highest BCUT2D eigenvalue weighted by atomic mass is 79.9. The molecule has 0 aliphatic rings. The summed E-state index contributed by atoms with van der Waals surface area (Å²) in [7, 11) is 0. The van der Waals surface area contributed by atoms with Crippen LogP contribution in [-0.4, -0.2) is 0 Å². The summed E-state index contributed by atoms with van der Waals surface area (Å²) >= 11 is 3.51. The van der Waals surface area contributed by atoms with Crippen molar-refractivity contribution in [2.24, 2.45) is 11.8 Å². The van der Waals surface area contributed by atoms with Gasteiger partial charge in [-0.15, -0.1) is 0 Å². The Hall–Kier alpha value is -1.86. The van der Waals surface area contributed by atoms with Crippen LogP contribution in [-0.2, 0) is 6.42 Å². The summed E-state index contributed by atoms with van der Waals surface area (Å²) in [6, 6.07) is 15.2. The van der Waals surface area contributed by atoms with E-state index in [1.165, 1.54) is 22.3 Å². The zero-order valence-corrected chi connectivity index (χ0v) is 17.0. The van der Waals surface area contributed by atoms with Crippen molar-refractivity contribution in [3.63, 3.8) is 0 Å². The molecule has 0 nitrogen and oxygen atoms in total. The third kappa shape index (κ3) is 5.57. The van der Waals surface area contributed by atoms with Gasteiger partial charge in [0.1, 0.15) is 0 Å². The summed E-state index contributed by atoms with van der Waals surface area (Å²) in [5.41, 5.74) is 5.43. The van der Waals surface area contributed by atoms with Crippen molar-refractivity contribution in [1.82, 2.24) is 0 Å². The average Bonchev–Trinajstić information content (AvgIpc) is 2.61. The van der Waals surface area contributed by atoms with Gasteiger partial charge in [-0.3, -0.25) is 0 Å². The molecule has 0 aliphatic carbocycles. The Balaban J connectivity index is 2.16. The van der Waals surface area contributed by atoms with E-state index < -0.39 is 0 Å². The fourth-order valence-electron chi connectivity index (χ4n) is 2.95. The molecule has 0 bridgehead atoms. The van der Waals surface area contributed by atoms with Crippen molar-refractivity contribution in [1.29, 1.82) is 0 Å². The van der Waals surface area contributed by atoms with E-state index in [4.69, 9.17) is 0 Å². The summed E-state index contributed by atoms with van der Waals surface area (Å²) in [6.45, 7) is 10.6. The fraction of sp³-hybridized carbons (Fsp3) is 0.250. The minimum Gasteiger partial charge on any atom is -0.0991 e. The Labute approximate surface area is 161 Å². The number of hydrogen-bond donors (Lipinski definition) is 0. The molecular weight excluding hydrogens is 368 g/mol. The third-order valence-corrected chi connectivity index (χ3v) is 5.34. The van der Waals surface area contributed by atoms with Crippen LogP contribution < -0.4 is 0 Å². The molecular formula is C24H27Br. The van der Waals surface area contributed by atoms with Crippen molar-refractivity contribution in [2.75, 3.05) is 0 Å². The van der Waals surface area contributed by atoms with E-state index in [0.717, 1.165) is 10.9 Å². The van der Waals surface area contributed by atoms with E-state index in [1.807, 2.05) is 12.2 Å². The van der Waals surface area contributed by atoms with Crippen LogP contribution in [0.3, 0.4) is 0 Å². The molecule has 0 saturated carbocycles. The molecule has 2 aromatic rings. The second-order valence-electron chi connectivity index (χ2n) is 6.64. The van der Waals surface area contributed by atoms with Crippen molar-refractivity contribution in [3.05, 3.63) is 95.0 Å². The van der Waals surface area contributed by atoms with Gasteiger partial charge in [-0.1, -0.05) is 97.1 Å². The molecule has 2 aromatic carbocycles. The van der Waals surface area contributed by atoms with Crippen LogP contribution in [0.15, 0.2) is 83.9 Å². The van der Waals surface area contributed by atoms with Gasteiger partial charge in [-0.05, 0) is 59.6 Å². The lowest BCUT2D eigenvalue weighted by Crippen LogP contribution is -2.10. The average molecular weight is 395 g/mol. The van der Waals surface area contributed by atoms with Gasteiger partial charge in [0.05, 0.1) is 0 Å². The van der Waals surface area contributed by atoms with Crippen LogP contribution in [0.1, 0.15) is 25.0 Å². The molecule has 0 N–H and O–H groups in total. The van der Waals surface area contributed by atoms with Gasteiger partial charge in [0.15, 0.2) is 0 Å². The van der Waals surface area contributed by atoms with Crippen LogP contribution >= 0.6 is 15.9 Å². The number of hydrogen-bond acceptors (Lipinski definition) is 0. The first-order valence-corrected chi connectivity index (χ1v) is 9.62. The molecule has 130 valence electrons. The molecule has 0 heterocycles. The van der Waals surface area contributed by atoms with Gasteiger partial charge in [-0.2, -0.15) is 0 Å². The zero-order chi connectivity index (χ0) is 18.2.